The Balaban J connectivity index is 2.51. The summed E-state index contributed by atoms with van der Waals surface area (Å²) in [5, 5.41) is 5.68. The van der Waals surface area contributed by atoms with Crippen molar-refractivity contribution in [2.45, 2.75) is 13.3 Å². The minimum Gasteiger partial charge on any atom is -0.281 e. The highest BCUT2D eigenvalue weighted by Gasteiger charge is 2.08. The van der Waals surface area contributed by atoms with Crippen molar-refractivity contribution in [1.29, 1.82) is 0 Å². The summed E-state index contributed by atoms with van der Waals surface area (Å²) >= 11 is 6.44. The average molecular weight is 212 g/mol. The van der Waals surface area contributed by atoms with Crippen LogP contribution in [-0.2, 0) is 6.42 Å². The summed E-state index contributed by atoms with van der Waals surface area (Å²) in [6, 6.07) is 0. The van der Waals surface area contributed by atoms with Gasteiger partial charge in [-0.1, -0.05) is 6.92 Å². The molecule has 2 rings (SSSR count). The van der Waals surface area contributed by atoms with Gasteiger partial charge >= 0.3 is 0 Å². The van der Waals surface area contributed by atoms with E-state index in [1.165, 1.54) is 0 Å². The zero-order chi connectivity index (χ0) is 9.26. The number of hydrogen-bond acceptors (Lipinski definition) is 4. The lowest BCUT2D eigenvalue weighted by atomic mass is 10.3. The first-order valence-corrected chi connectivity index (χ1v) is 5.17. The predicted octanol–water partition coefficient (Wildman–Crippen LogP) is 2.15. The monoisotopic (exact) mass is 212 g/mol. The molecular weight excluding hydrogens is 204 g/mol. The molecule has 0 bridgehead atoms. The van der Waals surface area contributed by atoms with E-state index < -0.39 is 0 Å². The molecule has 0 fully saturated rings. The van der Waals surface area contributed by atoms with Crippen molar-refractivity contribution in [3.8, 4) is 10.7 Å². The zero-order valence-corrected chi connectivity index (χ0v) is 8.63. The molecule has 0 saturated carbocycles. The summed E-state index contributed by atoms with van der Waals surface area (Å²) in [5.74, 6) is 0.782. The van der Waals surface area contributed by atoms with Gasteiger partial charge in [0.25, 0.3) is 0 Å². The van der Waals surface area contributed by atoms with Gasteiger partial charge in [0.2, 0.25) is 4.77 Å². The second kappa shape index (κ2) is 3.39. The lowest BCUT2D eigenvalue weighted by Gasteiger charge is -1.92. The molecule has 68 valence electrons. The first-order chi connectivity index (χ1) is 6.31. The molecule has 13 heavy (non-hydrogen) atoms. The number of aromatic amines is 2. The van der Waals surface area contributed by atoms with Crippen molar-refractivity contribution < 1.29 is 0 Å². The van der Waals surface area contributed by atoms with E-state index in [2.05, 4.69) is 27.1 Å². The SMILES string of the molecule is CCc1ncsc1-c1nc(=S)[nH][nH]1. The molecule has 2 N–H and O–H groups in total. The lowest BCUT2D eigenvalue weighted by Crippen LogP contribution is -1.85. The van der Waals surface area contributed by atoms with Crippen LogP contribution in [0.25, 0.3) is 10.7 Å². The van der Waals surface area contributed by atoms with Crippen LogP contribution in [0.4, 0.5) is 0 Å². The Labute approximate surface area is 84.1 Å². The summed E-state index contributed by atoms with van der Waals surface area (Å²) in [6.07, 6.45) is 0.909. The quantitative estimate of drug-likeness (QED) is 0.750. The summed E-state index contributed by atoms with van der Waals surface area (Å²) in [7, 11) is 0. The third-order valence-electron chi connectivity index (χ3n) is 1.69. The smallest absolute Gasteiger partial charge is 0.213 e. The molecule has 0 aliphatic carbocycles. The molecule has 0 saturated heterocycles. The Morgan fingerprint density at radius 1 is 1.54 bits per heavy atom. The lowest BCUT2D eigenvalue weighted by molar-refractivity contribution is 1.05. The van der Waals surface area contributed by atoms with Crippen molar-refractivity contribution in [2.24, 2.45) is 0 Å². The van der Waals surface area contributed by atoms with Crippen molar-refractivity contribution in [3.05, 3.63) is 16.0 Å². The maximum atomic E-state index is 4.87. The Bertz CT molecular complexity index is 453. The Morgan fingerprint density at radius 2 is 2.38 bits per heavy atom. The van der Waals surface area contributed by atoms with E-state index in [0.717, 1.165) is 22.8 Å². The van der Waals surface area contributed by atoms with Crippen molar-refractivity contribution in [2.75, 3.05) is 0 Å². The van der Waals surface area contributed by atoms with Gasteiger partial charge in [0, 0.05) is 0 Å². The molecule has 0 aliphatic rings. The number of thiazole rings is 1. The van der Waals surface area contributed by atoms with E-state index in [0.29, 0.717) is 4.77 Å². The van der Waals surface area contributed by atoms with Crippen LogP contribution in [0.1, 0.15) is 12.6 Å². The zero-order valence-electron chi connectivity index (χ0n) is 7.00. The van der Waals surface area contributed by atoms with E-state index in [-0.39, 0.29) is 0 Å². The third-order valence-corrected chi connectivity index (χ3v) is 2.76. The van der Waals surface area contributed by atoms with Crippen LogP contribution in [0.3, 0.4) is 0 Å². The Kier molecular flexibility index (Phi) is 2.24. The van der Waals surface area contributed by atoms with Gasteiger partial charge in [-0.05, 0) is 18.6 Å². The fourth-order valence-corrected chi connectivity index (χ4v) is 2.06. The Hall–Kier alpha value is -1.01. The molecule has 0 aliphatic heterocycles. The number of aromatic nitrogens is 4. The molecule has 0 atom stereocenters. The van der Waals surface area contributed by atoms with Crippen LogP contribution in [-0.4, -0.2) is 20.2 Å². The number of H-pyrrole nitrogens is 2. The van der Waals surface area contributed by atoms with Crippen LogP contribution >= 0.6 is 23.6 Å². The van der Waals surface area contributed by atoms with Gasteiger partial charge < -0.3 is 0 Å². The minimum absolute atomic E-state index is 0.477. The highest BCUT2D eigenvalue weighted by molar-refractivity contribution is 7.71. The van der Waals surface area contributed by atoms with E-state index in [9.17, 15) is 0 Å². The van der Waals surface area contributed by atoms with E-state index in [4.69, 9.17) is 12.2 Å². The highest BCUT2D eigenvalue weighted by atomic mass is 32.1. The molecule has 4 nitrogen and oxygen atoms in total. The molecule has 0 aromatic carbocycles. The number of aryl methyl sites for hydroxylation is 1. The number of nitrogens with zero attached hydrogens (tertiary/aromatic N) is 2. The van der Waals surface area contributed by atoms with Gasteiger partial charge in [0.05, 0.1) is 16.1 Å². The fraction of sp³-hybridized carbons (Fsp3) is 0.286. The van der Waals surface area contributed by atoms with E-state index >= 15 is 0 Å². The van der Waals surface area contributed by atoms with E-state index in [1.54, 1.807) is 11.3 Å². The first kappa shape index (κ1) is 8.58. The fourth-order valence-electron chi connectivity index (χ4n) is 1.09. The van der Waals surface area contributed by atoms with Crippen LogP contribution in [0.2, 0.25) is 0 Å². The van der Waals surface area contributed by atoms with Gasteiger partial charge in [-0.3, -0.25) is 10.2 Å². The summed E-state index contributed by atoms with van der Waals surface area (Å²) in [4.78, 5) is 9.43. The molecule has 6 heteroatoms. The number of hydrogen-bond donors (Lipinski definition) is 2. The largest absolute Gasteiger partial charge is 0.281 e. The van der Waals surface area contributed by atoms with Crippen LogP contribution < -0.4 is 0 Å². The molecule has 0 amide bonds. The summed E-state index contributed by atoms with van der Waals surface area (Å²) in [5.41, 5.74) is 2.88. The van der Waals surface area contributed by atoms with Gasteiger partial charge in [-0.25, -0.2) is 4.98 Å². The molecule has 0 unspecified atom stereocenters. The topological polar surface area (TPSA) is 57.4 Å². The first-order valence-electron chi connectivity index (χ1n) is 3.88. The van der Waals surface area contributed by atoms with Crippen LogP contribution in [0.5, 0.6) is 0 Å². The summed E-state index contributed by atoms with van der Waals surface area (Å²) < 4.78 is 0.477. The highest BCUT2D eigenvalue weighted by Crippen LogP contribution is 2.23. The maximum absolute atomic E-state index is 4.87. The standard InChI is InChI=1S/C7H8N4S2/c1-2-4-5(13-3-8-4)6-9-7(12)11-10-6/h3H,2H2,1H3,(H2,9,10,11,12). The molecular formula is C7H8N4S2. The van der Waals surface area contributed by atoms with Crippen LogP contribution in [0.15, 0.2) is 5.51 Å². The second-order valence-electron chi connectivity index (χ2n) is 2.50. The van der Waals surface area contributed by atoms with E-state index in [1.807, 2.05) is 5.51 Å². The number of rotatable bonds is 2. The second-order valence-corrected chi connectivity index (χ2v) is 3.74. The van der Waals surface area contributed by atoms with Gasteiger partial charge in [-0.2, -0.15) is 4.98 Å². The van der Waals surface area contributed by atoms with Crippen LogP contribution in [0, 0.1) is 4.77 Å². The molecule has 2 aromatic rings. The maximum Gasteiger partial charge on any atom is 0.213 e. The summed E-state index contributed by atoms with van der Waals surface area (Å²) in [6.45, 7) is 2.07. The average Bonchev–Trinajstić information content (AvgIpc) is 2.71. The van der Waals surface area contributed by atoms with Crippen molar-refractivity contribution in [1.82, 2.24) is 20.2 Å². The molecule has 0 radical (unpaired) electrons. The molecule has 0 spiro atoms. The Morgan fingerprint density at radius 3 is 3.00 bits per heavy atom. The predicted molar refractivity (Wildman–Crippen MR) is 54.3 cm³/mol. The molecule has 2 aromatic heterocycles. The third kappa shape index (κ3) is 1.54. The normalized spacial score (nSPS) is 10.5. The van der Waals surface area contributed by atoms with Gasteiger partial charge in [0.1, 0.15) is 0 Å². The minimum atomic E-state index is 0.477. The molecule has 2 heterocycles. The van der Waals surface area contributed by atoms with Gasteiger partial charge in [0.15, 0.2) is 5.82 Å². The number of nitrogens with one attached hydrogen (secondary N) is 2. The van der Waals surface area contributed by atoms with Gasteiger partial charge in [-0.15, -0.1) is 11.3 Å². The van der Waals surface area contributed by atoms with Crippen molar-refractivity contribution >= 4 is 23.6 Å². The van der Waals surface area contributed by atoms with Crippen molar-refractivity contribution in [3.63, 3.8) is 0 Å².